The van der Waals surface area contributed by atoms with Crippen molar-refractivity contribution in [2.24, 2.45) is 5.92 Å². The molecule has 1 aliphatic carbocycles. The van der Waals surface area contributed by atoms with E-state index in [1.54, 1.807) is 51.2 Å². The number of halogens is 1. The molecule has 2 aliphatic rings. The van der Waals surface area contributed by atoms with Crippen LogP contribution in [0.15, 0.2) is 54.7 Å². The molecule has 5 aromatic rings. The van der Waals surface area contributed by atoms with Gasteiger partial charge in [0.25, 0.3) is 11.8 Å². The fourth-order valence-corrected chi connectivity index (χ4v) is 9.96. The van der Waals surface area contributed by atoms with Crippen LogP contribution in [-0.4, -0.2) is 63.8 Å². The van der Waals surface area contributed by atoms with Crippen molar-refractivity contribution >= 4 is 60.3 Å². The van der Waals surface area contributed by atoms with E-state index in [-0.39, 0.29) is 46.8 Å². The fourth-order valence-electron chi connectivity index (χ4n) is 8.02. The number of hydrogen-bond acceptors (Lipinski definition) is 11. The molecule has 0 radical (unpaired) electrons. The molecule has 318 valence electrons. The van der Waals surface area contributed by atoms with Gasteiger partial charge in [-0.2, -0.15) is 5.10 Å². The summed E-state index contributed by atoms with van der Waals surface area (Å²) in [6.07, 6.45) is 9.57. The van der Waals surface area contributed by atoms with Crippen molar-refractivity contribution in [1.29, 1.82) is 0 Å². The van der Waals surface area contributed by atoms with Gasteiger partial charge in [-0.1, -0.05) is 55.2 Å². The zero-order valence-electron chi connectivity index (χ0n) is 34.6. The lowest BCUT2D eigenvalue weighted by Crippen LogP contribution is -2.35. The van der Waals surface area contributed by atoms with E-state index >= 15 is 0 Å². The second kappa shape index (κ2) is 18.2. The van der Waals surface area contributed by atoms with Crippen LogP contribution in [0.5, 0.6) is 0 Å². The summed E-state index contributed by atoms with van der Waals surface area (Å²) in [5.41, 5.74) is 3.75. The molecule has 0 atom stereocenters. The molecule has 60 heavy (non-hydrogen) atoms. The van der Waals surface area contributed by atoms with Crippen LogP contribution in [0.1, 0.15) is 116 Å². The molecule has 0 unspecified atom stereocenters. The minimum atomic E-state index is -4.07. The lowest BCUT2D eigenvalue weighted by atomic mass is 9.89. The number of hydrogen-bond donors (Lipinski definition) is 2. The average molecular weight is 858 g/mol. The highest BCUT2D eigenvalue weighted by atomic mass is 32.2. The number of para-hydroxylation sites is 1. The van der Waals surface area contributed by atoms with Crippen LogP contribution >= 0.6 is 11.3 Å². The number of benzene rings is 2. The first-order valence-electron chi connectivity index (χ1n) is 20.7. The topological polar surface area (TPSA) is 165 Å². The summed E-state index contributed by atoms with van der Waals surface area (Å²) >= 11 is 1.19. The first-order valence-corrected chi connectivity index (χ1v) is 23.1. The SMILES string of the molecule is Cc1c(-c2ccc(N3CCc4cccc(C(=O)Nc5nc6c(F)cccc6s5)c4C3)nc2C(=O)NS(=O)(=O)CCCCCC(=O)OC(C)(C)C)cnn1CC1CCCCC1. The van der Waals surface area contributed by atoms with Crippen molar-refractivity contribution in [2.45, 2.75) is 111 Å². The van der Waals surface area contributed by atoms with Crippen LogP contribution in [0.25, 0.3) is 21.3 Å². The Morgan fingerprint density at radius 1 is 0.950 bits per heavy atom. The maximum Gasteiger partial charge on any atom is 0.306 e. The number of nitrogens with one attached hydrogen (secondary N) is 2. The summed E-state index contributed by atoms with van der Waals surface area (Å²) in [4.78, 5) is 51.0. The first kappa shape index (κ1) is 42.9. The zero-order chi connectivity index (χ0) is 42.6. The van der Waals surface area contributed by atoms with E-state index in [1.165, 1.54) is 36.7 Å². The standard InChI is InChI=1S/C44H52FN7O6S2/c1-28-33(25-46-52(28)26-29-13-7-5-8-14-29)31-20-21-37(47-39(31)42(55)50-60(56,57)24-10-6-9-19-38(53)58-44(2,3)4)51-23-22-30-15-11-16-32(34(30)27-51)41(54)49-43-48-40-35(45)17-12-18-36(40)59-43/h11-12,15-18,20-21,25,29H,5-10,13-14,19,22-24,26-27H2,1-4H3,(H,50,55)(H,48,49,54). The van der Waals surface area contributed by atoms with Crippen LogP contribution in [0.4, 0.5) is 15.3 Å². The molecular weight excluding hydrogens is 806 g/mol. The molecule has 16 heteroatoms. The van der Waals surface area contributed by atoms with Crippen LogP contribution in [0.2, 0.25) is 0 Å². The highest BCUT2D eigenvalue weighted by Gasteiger charge is 2.28. The van der Waals surface area contributed by atoms with Crippen molar-refractivity contribution < 1.29 is 31.9 Å². The third-order valence-corrected chi connectivity index (χ3v) is 13.3. The third kappa shape index (κ3) is 10.4. The molecule has 1 saturated carbocycles. The number of esters is 1. The van der Waals surface area contributed by atoms with Gasteiger partial charge in [-0.25, -0.2) is 27.5 Å². The van der Waals surface area contributed by atoms with E-state index in [4.69, 9.17) is 14.8 Å². The Kier molecular flexibility index (Phi) is 13.0. The largest absolute Gasteiger partial charge is 0.460 e. The summed E-state index contributed by atoms with van der Waals surface area (Å²) in [6.45, 7) is 8.92. The minimum Gasteiger partial charge on any atom is -0.460 e. The van der Waals surface area contributed by atoms with Crippen molar-refractivity contribution in [3.8, 4) is 11.1 Å². The fraction of sp³-hybridized carbons (Fsp3) is 0.455. The average Bonchev–Trinajstić information content (AvgIpc) is 3.79. The van der Waals surface area contributed by atoms with Gasteiger partial charge in [0.15, 0.2) is 5.13 Å². The highest BCUT2D eigenvalue weighted by molar-refractivity contribution is 7.90. The summed E-state index contributed by atoms with van der Waals surface area (Å²) in [5, 5.41) is 7.83. The van der Waals surface area contributed by atoms with Crippen LogP contribution < -0.4 is 14.9 Å². The lowest BCUT2D eigenvalue weighted by molar-refractivity contribution is -0.154. The van der Waals surface area contributed by atoms with Gasteiger partial charge in [0.05, 0.1) is 16.6 Å². The monoisotopic (exact) mass is 857 g/mol. The molecular formula is C44H52FN7O6S2. The molecule has 2 N–H and O–H groups in total. The Morgan fingerprint density at radius 3 is 2.50 bits per heavy atom. The van der Waals surface area contributed by atoms with Gasteiger partial charge in [-0.15, -0.1) is 0 Å². The number of carbonyl (C=O) groups is 3. The maximum absolute atomic E-state index is 14.4. The first-order chi connectivity index (χ1) is 28.6. The number of pyridine rings is 1. The second-order valence-corrected chi connectivity index (χ2v) is 19.6. The molecule has 2 amide bonds. The number of ether oxygens (including phenoxy) is 1. The molecule has 1 aliphatic heterocycles. The van der Waals surface area contributed by atoms with Gasteiger partial charge in [0, 0.05) is 48.4 Å². The Labute approximate surface area is 354 Å². The van der Waals surface area contributed by atoms with Gasteiger partial charge in [-0.05, 0) is 107 Å². The Morgan fingerprint density at radius 2 is 1.73 bits per heavy atom. The Hall–Kier alpha value is -5.22. The van der Waals surface area contributed by atoms with E-state index in [9.17, 15) is 27.2 Å². The number of aromatic nitrogens is 4. The van der Waals surface area contributed by atoms with E-state index < -0.39 is 27.3 Å². The quantitative estimate of drug-likeness (QED) is 0.0819. The summed E-state index contributed by atoms with van der Waals surface area (Å²) in [5.74, 6) is -1.39. The van der Waals surface area contributed by atoms with Crippen LogP contribution in [-0.2, 0) is 39.1 Å². The van der Waals surface area contributed by atoms with Gasteiger partial charge in [0.2, 0.25) is 10.0 Å². The number of anilines is 2. The molecule has 0 spiro atoms. The lowest BCUT2D eigenvalue weighted by Gasteiger charge is -2.31. The minimum absolute atomic E-state index is 0.0544. The van der Waals surface area contributed by atoms with Crippen molar-refractivity contribution in [1.82, 2.24) is 24.5 Å². The number of sulfonamides is 1. The number of fused-ring (bicyclic) bond motifs is 2. The van der Waals surface area contributed by atoms with Gasteiger partial charge >= 0.3 is 5.97 Å². The molecule has 4 heterocycles. The highest BCUT2D eigenvalue weighted by Crippen LogP contribution is 2.34. The number of amides is 2. The van der Waals surface area contributed by atoms with Gasteiger partial charge in [-0.3, -0.25) is 24.4 Å². The smallest absolute Gasteiger partial charge is 0.306 e. The summed E-state index contributed by atoms with van der Waals surface area (Å²) in [6, 6.07) is 13.8. The molecule has 0 saturated heterocycles. The zero-order valence-corrected chi connectivity index (χ0v) is 36.2. The van der Waals surface area contributed by atoms with E-state index in [0.717, 1.165) is 36.2 Å². The maximum atomic E-state index is 14.4. The van der Waals surface area contributed by atoms with Crippen LogP contribution in [0.3, 0.4) is 0 Å². The Bertz CT molecular complexity index is 2510. The van der Waals surface area contributed by atoms with Gasteiger partial charge < -0.3 is 9.64 Å². The number of unbranched alkanes of at least 4 members (excludes halogenated alkanes) is 2. The molecule has 3 aromatic heterocycles. The summed E-state index contributed by atoms with van der Waals surface area (Å²) < 4.78 is 51.2. The number of carbonyl (C=O) groups excluding carboxylic acids is 3. The van der Waals surface area contributed by atoms with Gasteiger partial charge in [0.1, 0.15) is 28.4 Å². The molecule has 7 rings (SSSR count). The number of rotatable bonds is 14. The van der Waals surface area contributed by atoms with E-state index in [2.05, 4.69) is 15.0 Å². The normalized spacial score (nSPS) is 14.8. The van der Waals surface area contributed by atoms with E-state index in [1.807, 2.05) is 34.7 Å². The van der Waals surface area contributed by atoms with E-state index in [0.29, 0.717) is 65.5 Å². The van der Waals surface area contributed by atoms with Crippen molar-refractivity contribution in [3.63, 3.8) is 0 Å². The Balaban J connectivity index is 1.12. The predicted octanol–water partition coefficient (Wildman–Crippen LogP) is 8.36. The van der Waals surface area contributed by atoms with Crippen LogP contribution in [0, 0.1) is 18.7 Å². The molecule has 2 aromatic carbocycles. The molecule has 1 fully saturated rings. The number of nitrogens with zero attached hydrogens (tertiary/aromatic N) is 5. The van der Waals surface area contributed by atoms with Crippen molar-refractivity contribution in [2.75, 3.05) is 22.5 Å². The molecule has 13 nitrogen and oxygen atoms in total. The second-order valence-electron chi connectivity index (χ2n) is 16.7. The summed E-state index contributed by atoms with van der Waals surface area (Å²) in [7, 11) is -4.07. The number of thiazole rings is 1. The predicted molar refractivity (Wildman–Crippen MR) is 231 cm³/mol. The molecule has 0 bridgehead atoms. The van der Waals surface area contributed by atoms with Crippen molar-refractivity contribution in [3.05, 3.63) is 88.6 Å². The third-order valence-electron chi connectivity index (χ3n) is 11.0.